The number of aromatic amines is 1. The number of nitrogens with two attached hydrogens (primary N) is 1. The molecule has 70 valence electrons. The SMILES string of the molecule is CCO.Nc1cc2ccccc2[nH]1. The summed E-state index contributed by atoms with van der Waals surface area (Å²) in [4.78, 5) is 3.04. The number of anilines is 1. The van der Waals surface area contributed by atoms with Crippen molar-refractivity contribution in [1.29, 1.82) is 0 Å². The van der Waals surface area contributed by atoms with E-state index in [0.29, 0.717) is 0 Å². The molecular formula is C10H14N2O. The molecule has 1 aromatic heterocycles. The Morgan fingerprint density at radius 2 is 2.00 bits per heavy atom. The summed E-state index contributed by atoms with van der Waals surface area (Å²) in [5, 5.41) is 8.74. The first kappa shape index (κ1) is 9.61. The van der Waals surface area contributed by atoms with Crippen LogP contribution in [0.2, 0.25) is 0 Å². The second-order valence-electron chi connectivity index (χ2n) is 2.63. The van der Waals surface area contributed by atoms with Crippen molar-refractivity contribution >= 4 is 16.7 Å². The van der Waals surface area contributed by atoms with Gasteiger partial charge in [0.15, 0.2) is 0 Å². The van der Waals surface area contributed by atoms with Crippen LogP contribution in [0, 0.1) is 0 Å². The Balaban J connectivity index is 0.000000251. The number of aromatic nitrogens is 1. The zero-order valence-electron chi connectivity index (χ0n) is 7.62. The number of fused-ring (bicyclic) bond motifs is 1. The predicted molar refractivity (Wildman–Crippen MR) is 55.5 cm³/mol. The fraction of sp³-hybridized carbons (Fsp3) is 0.200. The molecule has 0 bridgehead atoms. The molecular weight excluding hydrogens is 164 g/mol. The van der Waals surface area contributed by atoms with Crippen LogP contribution in [0.5, 0.6) is 0 Å². The molecule has 0 unspecified atom stereocenters. The number of H-pyrrole nitrogens is 1. The van der Waals surface area contributed by atoms with Crippen LogP contribution < -0.4 is 5.73 Å². The van der Waals surface area contributed by atoms with E-state index < -0.39 is 0 Å². The molecule has 0 fully saturated rings. The van der Waals surface area contributed by atoms with Gasteiger partial charge in [0.2, 0.25) is 0 Å². The summed E-state index contributed by atoms with van der Waals surface area (Å²) in [5.41, 5.74) is 6.63. The lowest BCUT2D eigenvalue weighted by Gasteiger charge is -1.83. The quantitative estimate of drug-likeness (QED) is 0.575. The third-order valence-electron chi connectivity index (χ3n) is 1.55. The van der Waals surface area contributed by atoms with Crippen LogP contribution in [0.3, 0.4) is 0 Å². The first-order valence-corrected chi connectivity index (χ1v) is 4.22. The number of hydrogen-bond donors (Lipinski definition) is 3. The van der Waals surface area contributed by atoms with Crippen LogP contribution in [-0.4, -0.2) is 16.7 Å². The molecule has 1 heterocycles. The molecule has 13 heavy (non-hydrogen) atoms. The third-order valence-corrected chi connectivity index (χ3v) is 1.55. The Hall–Kier alpha value is -1.48. The van der Waals surface area contributed by atoms with Crippen molar-refractivity contribution in [1.82, 2.24) is 4.98 Å². The van der Waals surface area contributed by atoms with Crippen molar-refractivity contribution in [2.45, 2.75) is 6.92 Å². The number of nitrogens with one attached hydrogen (secondary N) is 1. The normalized spacial score (nSPS) is 9.38. The van der Waals surface area contributed by atoms with E-state index in [9.17, 15) is 0 Å². The van der Waals surface area contributed by atoms with Crippen molar-refractivity contribution in [3.05, 3.63) is 30.3 Å². The molecule has 0 radical (unpaired) electrons. The molecule has 0 spiro atoms. The van der Waals surface area contributed by atoms with Gasteiger partial charge in [-0.05, 0) is 19.1 Å². The van der Waals surface area contributed by atoms with Gasteiger partial charge in [0.05, 0.1) is 0 Å². The summed E-state index contributed by atoms with van der Waals surface area (Å²) in [7, 11) is 0. The van der Waals surface area contributed by atoms with E-state index >= 15 is 0 Å². The first-order valence-electron chi connectivity index (χ1n) is 4.22. The van der Waals surface area contributed by atoms with Crippen LogP contribution in [0.15, 0.2) is 30.3 Å². The second-order valence-corrected chi connectivity index (χ2v) is 2.63. The molecule has 0 saturated carbocycles. The smallest absolute Gasteiger partial charge is 0.101 e. The van der Waals surface area contributed by atoms with Crippen molar-refractivity contribution in [3.8, 4) is 0 Å². The number of aliphatic hydroxyl groups is 1. The van der Waals surface area contributed by atoms with Gasteiger partial charge in [0, 0.05) is 17.5 Å². The standard InChI is InChI=1S/C8H8N2.C2H6O/c9-8-5-6-3-1-2-4-7(6)10-8;1-2-3/h1-5,10H,9H2;3H,2H2,1H3. The summed E-state index contributed by atoms with van der Waals surface area (Å²) in [6, 6.07) is 9.94. The Morgan fingerprint density at radius 1 is 1.38 bits per heavy atom. The summed E-state index contributed by atoms with van der Waals surface area (Å²) < 4.78 is 0. The highest BCUT2D eigenvalue weighted by Gasteiger charge is 1.92. The Labute approximate surface area is 77.2 Å². The van der Waals surface area contributed by atoms with Gasteiger partial charge >= 0.3 is 0 Å². The number of nitrogen functional groups attached to an aromatic ring is 1. The molecule has 0 aliphatic heterocycles. The van der Waals surface area contributed by atoms with E-state index in [2.05, 4.69) is 4.98 Å². The van der Waals surface area contributed by atoms with E-state index in [1.807, 2.05) is 30.3 Å². The van der Waals surface area contributed by atoms with Crippen LogP contribution in [0.1, 0.15) is 6.92 Å². The predicted octanol–water partition coefficient (Wildman–Crippen LogP) is 1.75. The number of rotatable bonds is 0. The fourth-order valence-corrected chi connectivity index (χ4v) is 1.10. The zero-order chi connectivity index (χ0) is 9.68. The van der Waals surface area contributed by atoms with Gasteiger partial charge in [-0.25, -0.2) is 0 Å². The van der Waals surface area contributed by atoms with E-state index in [0.717, 1.165) is 11.3 Å². The second kappa shape index (κ2) is 4.52. The Bertz CT molecular complexity index is 335. The monoisotopic (exact) mass is 178 g/mol. The van der Waals surface area contributed by atoms with Gasteiger partial charge in [-0.3, -0.25) is 0 Å². The van der Waals surface area contributed by atoms with Gasteiger partial charge in [0.1, 0.15) is 5.82 Å². The van der Waals surface area contributed by atoms with Crippen molar-refractivity contribution in [2.24, 2.45) is 0 Å². The molecule has 2 rings (SSSR count). The number of para-hydroxylation sites is 1. The van der Waals surface area contributed by atoms with Gasteiger partial charge < -0.3 is 15.8 Å². The van der Waals surface area contributed by atoms with E-state index in [1.165, 1.54) is 5.39 Å². The summed E-state index contributed by atoms with van der Waals surface area (Å²) >= 11 is 0. The molecule has 2 aromatic rings. The maximum absolute atomic E-state index is 7.57. The topological polar surface area (TPSA) is 62.0 Å². The highest BCUT2D eigenvalue weighted by molar-refractivity contribution is 5.82. The van der Waals surface area contributed by atoms with Gasteiger partial charge in [0.25, 0.3) is 0 Å². The van der Waals surface area contributed by atoms with E-state index in [-0.39, 0.29) is 6.61 Å². The molecule has 0 amide bonds. The number of benzene rings is 1. The van der Waals surface area contributed by atoms with Crippen LogP contribution in [0.4, 0.5) is 5.82 Å². The van der Waals surface area contributed by atoms with Gasteiger partial charge in [-0.2, -0.15) is 0 Å². The molecule has 0 aliphatic carbocycles. The maximum Gasteiger partial charge on any atom is 0.101 e. The molecule has 3 heteroatoms. The Kier molecular flexibility index (Phi) is 3.34. The minimum absolute atomic E-state index is 0.250. The first-order chi connectivity index (χ1) is 6.27. The van der Waals surface area contributed by atoms with E-state index in [1.54, 1.807) is 6.92 Å². The molecule has 3 nitrogen and oxygen atoms in total. The summed E-state index contributed by atoms with van der Waals surface area (Å²) in [6.07, 6.45) is 0. The van der Waals surface area contributed by atoms with Crippen LogP contribution >= 0.6 is 0 Å². The van der Waals surface area contributed by atoms with Gasteiger partial charge in [-0.1, -0.05) is 18.2 Å². The minimum atomic E-state index is 0.250. The molecule has 4 N–H and O–H groups in total. The average Bonchev–Trinajstić information content (AvgIpc) is 2.45. The lowest BCUT2D eigenvalue weighted by molar-refractivity contribution is 0.318. The molecule has 1 aromatic carbocycles. The average molecular weight is 178 g/mol. The maximum atomic E-state index is 7.57. The van der Waals surface area contributed by atoms with Gasteiger partial charge in [-0.15, -0.1) is 0 Å². The minimum Gasteiger partial charge on any atom is -0.397 e. The number of aliphatic hydroxyl groups excluding tert-OH is 1. The lowest BCUT2D eigenvalue weighted by Crippen LogP contribution is -1.80. The summed E-state index contributed by atoms with van der Waals surface area (Å²) in [5.74, 6) is 0.723. The molecule has 0 aliphatic rings. The van der Waals surface area contributed by atoms with Crippen LogP contribution in [0.25, 0.3) is 10.9 Å². The highest BCUT2D eigenvalue weighted by Crippen LogP contribution is 2.14. The highest BCUT2D eigenvalue weighted by atomic mass is 16.2. The van der Waals surface area contributed by atoms with Crippen molar-refractivity contribution in [2.75, 3.05) is 12.3 Å². The van der Waals surface area contributed by atoms with E-state index in [4.69, 9.17) is 10.8 Å². The largest absolute Gasteiger partial charge is 0.397 e. The fourth-order valence-electron chi connectivity index (χ4n) is 1.10. The van der Waals surface area contributed by atoms with Crippen molar-refractivity contribution in [3.63, 3.8) is 0 Å². The summed E-state index contributed by atoms with van der Waals surface area (Å²) in [6.45, 7) is 1.93. The van der Waals surface area contributed by atoms with Crippen molar-refractivity contribution < 1.29 is 5.11 Å². The third kappa shape index (κ3) is 2.49. The Morgan fingerprint density at radius 3 is 2.62 bits per heavy atom. The lowest BCUT2D eigenvalue weighted by atomic mass is 10.3. The zero-order valence-corrected chi connectivity index (χ0v) is 7.62. The number of hydrogen-bond acceptors (Lipinski definition) is 2. The van der Waals surface area contributed by atoms with Crippen LogP contribution in [-0.2, 0) is 0 Å². The molecule has 0 saturated heterocycles. The molecule has 0 atom stereocenters.